The second-order valence-corrected chi connectivity index (χ2v) is 6.54. The molecule has 0 aromatic heterocycles. The van der Waals surface area contributed by atoms with Gasteiger partial charge in [-0.05, 0) is 38.0 Å². The van der Waals surface area contributed by atoms with Gasteiger partial charge in [0.2, 0.25) is 0 Å². The standard InChI is InChI=1S/C18H24O6/c1-18(2)23-12-16(24-18)11-22-17(19)8-5-13-3-6-14(7-4-13)20-9-15-10-21-15/h3-4,6-7,15-16H,5,8-12H2,1-2H3/t15-,16-/m1/s1. The van der Waals surface area contributed by atoms with Crippen LogP contribution in [0.5, 0.6) is 5.75 Å². The Morgan fingerprint density at radius 3 is 2.54 bits per heavy atom. The van der Waals surface area contributed by atoms with Crippen LogP contribution in [-0.2, 0) is 30.2 Å². The molecule has 0 N–H and O–H groups in total. The van der Waals surface area contributed by atoms with Gasteiger partial charge in [0.1, 0.15) is 31.2 Å². The van der Waals surface area contributed by atoms with Crippen LogP contribution in [-0.4, -0.2) is 50.4 Å². The Morgan fingerprint density at radius 1 is 1.17 bits per heavy atom. The molecule has 1 aromatic carbocycles. The van der Waals surface area contributed by atoms with Crippen molar-refractivity contribution in [2.45, 2.75) is 44.7 Å². The molecule has 24 heavy (non-hydrogen) atoms. The highest BCUT2D eigenvalue weighted by Crippen LogP contribution is 2.22. The first-order valence-corrected chi connectivity index (χ1v) is 8.31. The van der Waals surface area contributed by atoms with Gasteiger partial charge in [-0.2, -0.15) is 0 Å². The van der Waals surface area contributed by atoms with E-state index in [1.54, 1.807) is 0 Å². The van der Waals surface area contributed by atoms with Crippen molar-refractivity contribution >= 4 is 5.97 Å². The Kier molecular flexibility index (Phi) is 5.38. The van der Waals surface area contributed by atoms with Crippen LogP contribution in [0.3, 0.4) is 0 Å². The molecule has 2 saturated heterocycles. The average molecular weight is 336 g/mol. The van der Waals surface area contributed by atoms with Gasteiger partial charge >= 0.3 is 5.97 Å². The zero-order valence-electron chi connectivity index (χ0n) is 14.2. The minimum absolute atomic E-state index is 0.184. The molecule has 6 nitrogen and oxygen atoms in total. The lowest BCUT2D eigenvalue weighted by atomic mass is 10.1. The smallest absolute Gasteiger partial charge is 0.306 e. The molecular weight excluding hydrogens is 312 g/mol. The molecule has 1 aromatic rings. The van der Waals surface area contributed by atoms with Crippen LogP contribution in [0.2, 0.25) is 0 Å². The molecule has 2 heterocycles. The van der Waals surface area contributed by atoms with Crippen LogP contribution < -0.4 is 4.74 Å². The van der Waals surface area contributed by atoms with Gasteiger partial charge in [-0.3, -0.25) is 4.79 Å². The fourth-order valence-corrected chi connectivity index (χ4v) is 2.46. The number of carbonyl (C=O) groups is 1. The van der Waals surface area contributed by atoms with Crippen LogP contribution in [0.1, 0.15) is 25.8 Å². The first-order valence-electron chi connectivity index (χ1n) is 8.31. The number of benzene rings is 1. The van der Waals surface area contributed by atoms with E-state index in [2.05, 4.69) is 0 Å². The van der Waals surface area contributed by atoms with E-state index in [9.17, 15) is 4.79 Å². The lowest BCUT2D eigenvalue weighted by Crippen LogP contribution is -2.25. The van der Waals surface area contributed by atoms with Crippen molar-refractivity contribution in [3.8, 4) is 5.75 Å². The van der Waals surface area contributed by atoms with Crippen molar-refractivity contribution in [1.82, 2.24) is 0 Å². The Hall–Kier alpha value is -1.63. The molecule has 2 aliphatic heterocycles. The van der Waals surface area contributed by atoms with Crippen molar-refractivity contribution in [3.05, 3.63) is 29.8 Å². The van der Waals surface area contributed by atoms with Gasteiger partial charge < -0.3 is 23.7 Å². The summed E-state index contributed by atoms with van der Waals surface area (Å²) in [7, 11) is 0. The van der Waals surface area contributed by atoms with Crippen LogP contribution in [0.15, 0.2) is 24.3 Å². The summed E-state index contributed by atoms with van der Waals surface area (Å²) >= 11 is 0. The van der Waals surface area contributed by atoms with Gasteiger partial charge in [-0.1, -0.05) is 12.1 Å². The highest BCUT2D eigenvalue weighted by atomic mass is 16.7. The van der Waals surface area contributed by atoms with Crippen LogP contribution in [0.4, 0.5) is 0 Å². The van der Waals surface area contributed by atoms with Crippen LogP contribution >= 0.6 is 0 Å². The largest absolute Gasteiger partial charge is 0.491 e. The van der Waals surface area contributed by atoms with Gasteiger partial charge in [-0.15, -0.1) is 0 Å². The molecule has 0 spiro atoms. The summed E-state index contributed by atoms with van der Waals surface area (Å²) in [6, 6.07) is 7.75. The number of epoxide rings is 1. The van der Waals surface area contributed by atoms with Crippen LogP contribution in [0.25, 0.3) is 0 Å². The van der Waals surface area contributed by atoms with Crippen molar-refractivity contribution in [1.29, 1.82) is 0 Å². The SMILES string of the molecule is CC1(C)OC[C@@H](COC(=O)CCc2ccc(OC[C@@H]3CO3)cc2)O1. The monoisotopic (exact) mass is 336 g/mol. The van der Waals surface area contributed by atoms with Gasteiger partial charge in [0.05, 0.1) is 13.2 Å². The first kappa shape index (κ1) is 17.2. The molecule has 0 radical (unpaired) electrons. The van der Waals surface area contributed by atoms with Gasteiger partial charge in [0, 0.05) is 6.42 Å². The third-order valence-electron chi connectivity index (χ3n) is 3.88. The van der Waals surface area contributed by atoms with Crippen molar-refractivity contribution in [2.24, 2.45) is 0 Å². The second kappa shape index (κ2) is 7.51. The molecule has 3 rings (SSSR count). The van der Waals surface area contributed by atoms with E-state index in [0.717, 1.165) is 17.9 Å². The molecule has 0 saturated carbocycles. The van der Waals surface area contributed by atoms with E-state index in [1.807, 2.05) is 38.1 Å². The fourth-order valence-electron chi connectivity index (χ4n) is 2.46. The number of carbonyl (C=O) groups excluding carboxylic acids is 1. The minimum Gasteiger partial charge on any atom is -0.491 e. The molecule has 132 valence electrons. The molecule has 2 atom stereocenters. The van der Waals surface area contributed by atoms with Crippen molar-refractivity contribution in [3.63, 3.8) is 0 Å². The molecular formula is C18H24O6. The number of aryl methyl sites for hydroxylation is 1. The normalized spacial score (nSPS) is 24.6. The molecule has 0 bridgehead atoms. The molecule has 2 fully saturated rings. The maximum absolute atomic E-state index is 11.8. The zero-order valence-corrected chi connectivity index (χ0v) is 14.2. The van der Waals surface area contributed by atoms with E-state index in [4.69, 9.17) is 23.7 Å². The summed E-state index contributed by atoms with van der Waals surface area (Å²) < 4.78 is 27.0. The third kappa shape index (κ3) is 5.47. The predicted molar refractivity (Wildman–Crippen MR) is 85.9 cm³/mol. The third-order valence-corrected chi connectivity index (χ3v) is 3.88. The lowest BCUT2D eigenvalue weighted by Gasteiger charge is -2.17. The maximum atomic E-state index is 11.8. The van der Waals surface area contributed by atoms with E-state index < -0.39 is 5.79 Å². The zero-order chi connectivity index (χ0) is 17.0. The Bertz CT molecular complexity index is 549. The second-order valence-electron chi connectivity index (χ2n) is 6.54. The van der Waals surface area contributed by atoms with Gasteiger partial charge in [0.15, 0.2) is 5.79 Å². The quantitative estimate of drug-likeness (QED) is 0.535. The van der Waals surface area contributed by atoms with E-state index in [-0.39, 0.29) is 24.8 Å². The Morgan fingerprint density at radius 2 is 1.92 bits per heavy atom. The molecule has 0 aliphatic carbocycles. The van der Waals surface area contributed by atoms with E-state index >= 15 is 0 Å². The maximum Gasteiger partial charge on any atom is 0.306 e. The average Bonchev–Trinajstić information content (AvgIpc) is 3.32. The summed E-state index contributed by atoms with van der Waals surface area (Å²) in [4.78, 5) is 11.8. The number of esters is 1. The highest BCUT2D eigenvalue weighted by Gasteiger charge is 2.33. The van der Waals surface area contributed by atoms with Crippen molar-refractivity contribution < 1.29 is 28.5 Å². The summed E-state index contributed by atoms with van der Waals surface area (Å²) in [6.45, 7) is 5.76. The Labute approximate surface area is 142 Å². The summed E-state index contributed by atoms with van der Waals surface area (Å²) in [5.41, 5.74) is 1.07. The summed E-state index contributed by atoms with van der Waals surface area (Å²) in [5, 5.41) is 0. The molecule has 0 unspecified atom stereocenters. The van der Waals surface area contributed by atoms with E-state index in [1.165, 1.54) is 0 Å². The van der Waals surface area contributed by atoms with Gasteiger partial charge in [0.25, 0.3) is 0 Å². The highest BCUT2D eigenvalue weighted by molar-refractivity contribution is 5.69. The Balaban J connectivity index is 1.33. The van der Waals surface area contributed by atoms with Crippen molar-refractivity contribution in [2.75, 3.05) is 26.4 Å². The number of rotatable bonds is 8. The summed E-state index contributed by atoms with van der Waals surface area (Å²) in [5.74, 6) is -0.000623. The number of hydrogen-bond acceptors (Lipinski definition) is 6. The van der Waals surface area contributed by atoms with Gasteiger partial charge in [-0.25, -0.2) is 0 Å². The lowest BCUT2D eigenvalue weighted by molar-refractivity contribution is -0.158. The first-order chi connectivity index (χ1) is 11.5. The minimum atomic E-state index is -0.591. The fraction of sp³-hybridized carbons (Fsp3) is 0.611. The summed E-state index contributed by atoms with van der Waals surface area (Å²) in [6.07, 6.45) is 1.04. The van der Waals surface area contributed by atoms with Crippen LogP contribution in [0, 0.1) is 0 Å². The molecule has 2 aliphatic rings. The molecule has 0 amide bonds. The molecule has 6 heteroatoms. The van der Waals surface area contributed by atoms with E-state index in [0.29, 0.717) is 26.1 Å². The predicted octanol–water partition coefficient (Wildman–Crippen LogP) is 2.09. The number of ether oxygens (including phenoxy) is 5. The topological polar surface area (TPSA) is 66.5 Å². The number of hydrogen-bond donors (Lipinski definition) is 0.